The molecule has 0 saturated heterocycles. The highest BCUT2D eigenvalue weighted by molar-refractivity contribution is 5.84. The van der Waals surface area contributed by atoms with Gasteiger partial charge in [0, 0.05) is 12.8 Å². The first kappa shape index (κ1) is 63.6. The summed E-state index contributed by atoms with van der Waals surface area (Å²) in [5, 5.41) is 38.2. The topological polar surface area (TPSA) is 124 Å². The molecular weight excluding hydrogens is 1070 g/mol. The quantitative estimate of drug-likeness (QED) is 0.0597. The minimum atomic E-state index is -9.08. The zero-order valence-corrected chi connectivity index (χ0v) is 30.0. The van der Waals surface area contributed by atoms with Crippen molar-refractivity contribution in [1.82, 2.24) is 0 Å². The molecule has 0 radical (unpaired) electrons. The van der Waals surface area contributed by atoms with Crippen LogP contribution in [0.25, 0.3) is 0 Å². The summed E-state index contributed by atoms with van der Waals surface area (Å²) in [6.45, 7) is -2.88. The van der Waals surface area contributed by atoms with Crippen molar-refractivity contribution < 1.29 is 184 Å². The average Bonchev–Trinajstić information content (AvgIpc) is 3.13. The van der Waals surface area contributed by atoms with Crippen LogP contribution in [0, 0.1) is 0 Å². The van der Waals surface area contributed by atoms with E-state index in [0.717, 1.165) is 0 Å². The number of carbonyl (C=O) groups is 2. The van der Waals surface area contributed by atoms with Crippen LogP contribution in [0.15, 0.2) is 0 Å². The van der Waals surface area contributed by atoms with Crippen LogP contribution in [0.1, 0.15) is 19.3 Å². The van der Waals surface area contributed by atoms with Gasteiger partial charge in [-0.3, -0.25) is 4.79 Å². The van der Waals surface area contributed by atoms with Gasteiger partial charge in [0.2, 0.25) is 0 Å². The van der Waals surface area contributed by atoms with Crippen LogP contribution in [0.5, 0.6) is 0 Å². The predicted molar refractivity (Wildman–Crippen MR) is 135 cm³/mol. The number of esters is 1. The van der Waals surface area contributed by atoms with Crippen molar-refractivity contribution in [3.05, 3.63) is 0 Å². The minimum absolute atomic E-state index is 2.88. The molecule has 0 aliphatic heterocycles. The van der Waals surface area contributed by atoms with Gasteiger partial charge in [-0.05, 0) is 0 Å². The van der Waals surface area contributed by atoms with Gasteiger partial charge < -0.3 is 25.2 Å². The van der Waals surface area contributed by atoms with Crippen LogP contribution in [0.2, 0.25) is 0 Å². The third-order valence-electron chi connectivity index (χ3n) is 8.49. The van der Waals surface area contributed by atoms with Gasteiger partial charge in [0.1, 0.15) is 18.3 Å². The molecule has 0 heterocycles. The first-order valence-electron chi connectivity index (χ1n) is 15.5. The van der Waals surface area contributed by atoms with Gasteiger partial charge in [-0.15, -0.1) is 0 Å². The number of hydrogen-bond donors (Lipinski definition) is 4. The third-order valence-corrected chi connectivity index (χ3v) is 8.49. The number of carbonyl (C=O) groups excluding carboxylic acids is 2. The highest BCUT2D eigenvalue weighted by Gasteiger charge is 2.97. The van der Waals surface area contributed by atoms with E-state index in [-0.39, 0.29) is 0 Å². The number of ketones is 1. The maximum absolute atomic E-state index is 14.1. The Bertz CT molecular complexity index is 1750. The van der Waals surface area contributed by atoms with Gasteiger partial charge in [0.05, 0.1) is 13.0 Å². The highest BCUT2D eigenvalue weighted by Crippen LogP contribution is 2.66. The molecule has 400 valence electrons. The third kappa shape index (κ3) is 9.50. The summed E-state index contributed by atoms with van der Waals surface area (Å²) in [7, 11) is 0. The number of ether oxygens (including phenoxy) is 1. The maximum atomic E-state index is 14.1. The van der Waals surface area contributed by atoms with Gasteiger partial charge in [-0.1, -0.05) is 0 Å². The normalized spacial score (nSPS) is 17.8. The Labute approximate surface area is 342 Å². The monoisotopic (exact) mass is 1090 g/mol. The Morgan fingerprint density at radius 2 is 0.552 bits per heavy atom. The summed E-state index contributed by atoms with van der Waals surface area (Å²) in [4.78, 5) is 23.5. The van der Waals surface area contributed by atoms with Crippen LogP contribution in [-0.4, -0.2) is 158 Å². The molecule has 0 aromatic heterocycles. The number of aliphatic hydroxyl groups is 4. The van der Waals surface area contributed by atoms with Crippen molar-refractivity contribution in [3.8, 4) is 0 Å². The molecule has 0 bridgehead atoms. The van der Waals surface area contributed by atoms with Gasteiger partial charge in [-0.25, -0.2) is 4.79 Å². The van der Waals surface area contributed by atoms with E-state index < -0.39 is 157 Å². The molecular formula is C26H16F34O7. The molecule has 0 saturated carbocycles. The van der Waals surface area contributed by atoms with Crippen LogP contribution in [0.3, 0.4) is 0 Å². The Morgan fingerprint density at radius 3 is 0.821 bits per heavy atom. The van der Waals surface area contributed by atoms with E-state index in [1.807, 2.05) is 0 Å². The standard InChI is InChI=1S/C26H16F34O7/c27-11(28,13(31,32)15(35,36)17(39,40)19(43,44)21(47,48)23(51,52)25(55,56)57)2-1-5(61)6(62)7(63)8(64)9(65)10(66)67-4-3-12(29,30)14(33,34)16(37,38)18(41,42)20(45,46)22(49,50)24(53,54)26(58,59)60/h6-9,62-65H,1-4H2/t6-,7+,8+,9-/m0/s1. The lowest BCUT2D eigenvalue weighted by atomic mass is 9.87. The van der Waals surface area contributed by atoms with Crippen LogP contribution >= 0.6 is 0 Å². The lowest BCUT2D eigenvalue weighted by molar-refractivity contribution is -0.461. The first-order valence-corrected chi connectivity index (χ1v) is 15.5. The lowest BCUT2D eigenvalue weighted by Gasteiger charge is -2.42. The van der Waals surface area contributed by atoms with Gasteiger partial charge in [-0.2, -0.15) is 149 Å². The fourth-order valence-electron chi connectivity index (χ4n) is 4.20. The SMILES string of the molecule is O=C(OCCC(F)(F)C(F)(F)C(F)(F)C(F)(F)C(F)(F)C(F)(F)C(F)(F)C(F)(F)F)[C@@H](O)[C@H](O)[C@H](O)[C@@H](O)C(=O)CCC(F)(F)C(F)(F)C(F)(F)C(F)(F)C(F)(F)C(F)(F)C(F)(F)C(F)(F)F. The summed E-state index contributed by atoms with van der Waals surface area (Å²) in [6.07, 6.45) is -41.8. The van der Waals surface area contributed by atoms with Gasteiger partial charge in [0.25, 0.3) is 0 Å². The second kappa shape index (κ2) is 17.8. The molecule has 0 aromatic carbocycles. The fraction of sp³-hybridized carbons (Fsp3) is 0.923. The molecule has 7 nitrogen and oxygen atoms in total. The Kier molecular flexibility index (Phi) is 16.9. The molecule has 0 spiro atoms. The molecule has 0 fully saturated rings. The molecule has 0 aliphatic carbocycles. The lowest BCUT2D eigenvalue weighted by Crippen LogP contribution is -2.74. The van der Waals surface area contributed by atoms with Crippen molar-refractivity contribution in [1.29, 1.82) is 0 Å². The maximum Gasteiger partial charge on any atom is 0.460 e. The average molecular weight is 1090 g/mol. The van der Waals surface area contributed by atoms with E-state index in [2.05, 4.69) is 4.74 Å². The summed E-state index contributed by atoms with van der Waals surface area (Å²) in [6, 6.07) is 0. The van der Waals surface area contributed by atoms with Crippen molar-refractivity contribution in [2.75, 3.05) is 6.61 Å². The molecule has 4 N–H and O–H groups in total. The van der Waals surface area contributed by atoms with E-state index >= 15 is 0 Å². The molecule has 0 aromatic rings. The van der Waals surface area contributed by atoms with E-state index in [9.17, 15) is 179 Å². The fourth-order valence-corrected chi connectivity index (χ4v) is 4.20. The zero-order valence-electron chi connectivity index (χ0n) is 30.0. The number of aliphatic hydroxyl groups excluding tert-OH is 4. The molecule has 41 heteroatoms. The number of rotatable bonds is 23. The zero-order chi connectivity index (χ0) is 55.0. The first-order chi connectivity index (χ1) is 28.7. The van der Waals surface area contributed by atoms with Gasteiger partial charge in [0.15, 0.2) is 11.9 Å². The molecule has 0 unspecified atom stereocenters. The largest absolute Gasteiger partial charge is 0.463 e. The Morgan fingerprint density at radius 1 is 0.328 bits per heavy atom. The summed E-state index contributed by atoms with van der Waals surface area (Å²) in [5.74, 6) is -126. The van der Waals surface area contributed by atoms with E-state index in [4.69, 9.17) is 0 Å². The van der Waals surface area contributed by atoms with Gasteiger partial charge >= 0.3 is 101 Å². The number of hydrogen-bond acceptors (Lipinski definition) is 7. The second-order valence-electron chi connectivity index (χ2n) is 13.1. The van der Waals surface area contributed by atoms with Crippen molar-refractivity contribution in [3.63, 3.8) is 0 Å². The van der Waals surface area contributed by atoms with E-state index in [0.29, 0.717) is 0 Å². The smallest absolute Gasteiger partial charge is 0.460 e. The molecule has 0 rings (SSSR count). The van der Waals surface area contributed by atoms with Crippen molar-refractivity contribution in [2.24, 2.45) is 0 Å². The van der Waals surface area contributed by atoms with Crippen LogP contribution in [0.4, 0.5) is 149 Å². The Balaban J connectivity index is 6.19. The van der Waals surface area contributed by atoms with Crippen LogP contribution in [-0.2, 0) is 14.3 Å². The highest BCUT2D eigenvalue weighted by atomic mass is 19.4. The van der Waals surface area contributed by atoms with E-state index in [1.165, 1.54) is 0 Å². The molecule has 67 heavy (non-hydrogen) atoms. The number of halogens is 34. The molecule has 4 atom stereocenters. The Hall–Kier alpha value is -3.40. The summed E-state index contributed by atoms with van der Waals surface area (Å²) >= 11 is 0. The summed E-state index contributed by atoms with van der Waals surface area (Å²) in [5.41, 5.74) is 0. The van der Waals surface area contributed by atoms with Crippen molar-refractivity contribution >= 4 is 11.8 Å². The predicted octanol–water partition coefficient (Wildman–Crippen LogP) is 8.73. The van der Waals surface area contributed by atoms with E-state index in [1.54, 1.807) is 0 Å². The number of alkyl halides is 34. The van der Waals surface area contributed by atoms with Crippen molar-refractivity contribution in [2.45, 2.75) is 139 Å². The minimum Gasteiger partial charge on any atom is -0.463 e. The second-order valence-corrected chi connectivity index (χ2v) is 13.1. The summed E-state index contributed by atoms with van der Waals surface area (Å²) < 4.78 is 457. The molecule has 0 aliphatic rings. The molecule has 0 amide bonds. The van der Waals surface area contributed by atoms with Crippen LogP contribution < -0.4 is 0 Å². The number of Topliss-reactive ketones (excluding diaryl/α,β-unsaturated/α-hetero) is 1.